The lowest BCUT2D eigenvalue weighted by molar-refractivity contribution is -0.0667. The van der Waals surface area contributed by atoms with Gasteiger partial charge in [0, 0.05) is 37.5 Å². The van der Waals surface area contributed by atoms with Crippen molar-refractivity contribution in [3.05, 3.63) is 11.7 Å². The van der Waals surface area contributed by atoms with Gasteiger partial charge in [-0.25, -0.2) is 0 Å². The summed E-state index contributed by atoms with van der Waals surface area (Å²) in [4.78, 5) is 10.9. The van der Waals surface area contributed by atoms with Gasteiger partial charge in [0.15, 0.2) is 11.8 Å². The Morgan fingerprint density at radius 1 is 1.40 bits per heavy atom. The highest BCUT2D eigenvalue weighted by Crippen LogP contribution is 2.46. The van der Waals surface area contributed by atoms with Crippen LogP contribution in [0.5, 0.6) is 0 Å². The van der Waals surface area contributed by atoms with E-state index in [9.17, 15) is 0 Å². The van der Waals surface area contributed by atoms with Gasteiger partial charge < -0.3 is 14.7 Å². The molecule has 0 atom stereocenters. The second-order valence-corrected chi connectivity index (χ2v) is 6.49. The lowest BCUT2D eigenvalue weighted by Crippen LogP contribution is -2.72. The van der Waals surface area contributed by atoms with Crippen molar-refractivity contribution in [2.45, 2.75) is 46.6 Å². The lowest BCUT2D eigenvalue weighted by Gasteiger charge is -2.62. The Bertz CT molecular complexity index is 503. The van der Waals surface area contributed by atoms with Crippen LogP contribution < -0.4 is 5.32 Å². The van der Waals surface area contributed by atoms with Crippen LogP contribution in [0.15, 0.2) is 9.52 Å². The van der Waals surface area contributed by atoms with Crippen molar-refractivity contribution >= 4 is 5.96 Å². The molecule has 0 bridgehead atoms. The Hall–Kier alpha value is -1.59. The Morgan fingerprint density at radius 3 is 2.55 bits per heavy atom. The van der Waals surface area contributed by atoms with Crippen LogP contribution in [0.2, 0.25) is 0 Å². The minimum atomic E-state index is 0.107. The molecular weight excluding hydrogens is 254 g/mol. The number of hydrogen-bond acceptors (Lipinski definition) is 4. The zero-order valence-corrected chi connectivity index (χ0v) is 13.3. The van der Waals surface area contributed by atoms with Gasteiger partial charge in [0.2, 0.25) is 5.89 Å². The van der Waals surface area contributed by atoms with Crippen LogP contribution in [-0.4, -0.2) is 46.7 Å². The Morgan fingerprint density at radius 2 is 2.10 bits per heavy atom. The normalized spacial score (nSPS) is 20.7. The largest absolute Gasteiger partial charge is 0.356 e. The van der Waals surface area contributed by atoms with Gasteiger partial charge in [-0.3, -0.25) is 4.99 Å². The Balaban J connectivity index is 1.88. The molecule has 0 spiro atoms. The van der Waals surface area contributed by atoms with Crippen LogP contribution in [0.25, 0.3) is 0 Å². The number of rotatable bonds is 3. The summed E-state index contributed by atoms with van der Waals surface area (Å²) in [6.07, 6.45) is 0.706. The monoisotopic (exact) mass is 279 g/mol. The lowest BCUT2D eigenvalue weighted by atomic mass is 9.65. The molecule has 20 heavy (non-hydrogen) atoms. The number of aryl methyl sites for hydroxylation is 1. The summed E-state index contributed by atoms with van der Waals surface area (Å²) in [5.74, 6) is 2.27. The summed E-state index contributed by atoms with van der Waals surface area (Å²) >= 11 is 0. The number of aliphatic imine (C=N–C) groups is 1. The second kappa shape index (κ2) is 5.07. The molecule has 0 aliphatic carbocycles. The first-order valence-electron chi connectivity index (χ1n) is 7.05. The van der Waals surface area contributed by atoms with Crippen LogP contribution in [0.3, 0.4) is 0 Å². The molecule has 0 aromatic carbocycles. The highest BCUT2D eigenvalue weighted by molar-refractivity contribution is 5.82. The van der Waals surface area contributed by atoms with Gasteiger partial charge in [0.25, 0.3) is 0 Å². The fourth-order valence-electron chi connectivity index (χ4n) is 2.42. The molecule has 0 saturated carbocycles. The fourth-order valence-corrected chi connectivity index (χ4v) is 2.42. The third-order valence-electron chi connectivity index (χ3n) is 4.54. The Kier molecular flexibility index (Phi) is 3.75. The zero-order chi connectivity index (χ0) is 15.0. The highest BCUT2D eigenvalue weighted by Gasteiger charge is 2.53. The fraction of sp³-hybridized carbons (Fsp3) is 0.786. The SMILES string of the molecule is CN=C(NCCc1nc(C)no1)N1CC(C)(C)C1(C)C. The van der Waals surface area contributed by atoms with Crippen LogP contribution in [0, 0.1) is 12.3 Å². The molecule has 2 rings (SSSR count). The molecule has 1 aliphatic heterocycles. The second-order valence-electron chi connectivity index (χ2n) is 6.49. The van der Waals surface area contributed by atoms with Gasteiger partial charge in [0.05, 0.1) is 0 Å². The van der Waals surface area contributed by atoms with Gasteiger partial charge in [-0.05, 0) is 20.8 Å². The van der Waals surface area contributed by atoms with Crippen molar-refractivity contribution in [2.75, 3.05) is 20.1 Å². The average Bonchev–Trinajstić information content (AvgIpc) is 2.78. The topological polar surface area (TPSA) is 66.5 Å². The third kappa shape index (κ3) is 2.51. The molecule has 1 aromatic heterocycles. The molecule has 1 fully saturated rings. The summed E-state index contributed by atoms with van der Waals surface area (Å²) in [6.45, 7) is 12.7. The average molecular weight is 279 g/mol. The molecule has 1 aliphatic rings. The number of guanidine groups is 1. The van der Waals surface area contributed by atoms with E-state index in [1.165, 1.54) is 0 Å². The van der Waals surface area contributed by atoms with E-state index >= 15 is 0 Å². The molecule has 0 radical (unpaired) electrons. The summed E-state index contributed by atoms with van der Waals surface area (Å²) in [7, 11) is 1.82. The van der Waals surface area contributed by atoms with E-state index < -0.39 is 0 Å². The standard InChI is InChI=1S/C14H25N5O/c1-10-17-11(20-18-10)7-8-16-12(15-6)19-9-13(2,3)14(19,4)5/h7-9H2,1-6H3,(H,15,16). The van der Waals surface area contributed by atoms with E-state index in [0.717, 1.165) is 19.0 Å². The highest BCUT2D eigenvalue weighted by atomic mass is 16.5. The van der Waals surface area contributed by atoms with Crippen molar-refractivity contribution in [1.29, 1.82) is 0 Å². The molecular formula is C14H25N5O. The minimum Gasteiger partial charge on any atom is -0.356 e. The van der Waals surface area contributed by atoms with E-state index in [0.29, 0.717) is 23.6 Å². The van der Waals surface area contributed by atoms with Crippen molar-refractivity contribution in [3.63, 3.8) is 0 Å². The molecule has 6 heteroatoms. The Labute approximate surface area is 120 Å². The summed E-state index contributed by atoms with van der Waals surface area (Å²) in [6, 6.07) is 0. The quantitative estimate of drug-likeness (QED) is 0.672. The third-order valence-corrected chi connectivity index (χ3v) is 4.54. The van der Waals surface area contributed by atoms with Gasteiger partial charge in [-0.2, -0.15) is 4.98 Å². The van der Waals surface area contributed by atoms with E-state index in [4.69, 9.17) is 4.52 Å². The number of hydrogen-bond donors (Lipinski definition) is 1. The van der Waals surface area contributed by atoms with E-state index in [1.807, 2.05) is 14.0 Å². The van der Waals surface area contributed by atoms with E-state index in [-0.39, 0.29) is 5.54 Å². The first kappa shape index (κ1) is 14.8. The van der Waals surface area contributed by atoms with Crippen LogP contribution in [0.4, 0.5) is 0 Å². The maximum absolute atomic E-state index is 5.10. The van der Waals surface area contributed by atoms with Gasteiger partial charge in [0.1, 0.15) is 0 Å². The number of likely N-dealkylation sites (tertiary alicyclic amines) is 1. The van der Waals surface area contributed by atoms with Gasteiger partial charge in [-0.15, -0.1) is 0 Å². The predicted octanol–water partition coefficient (Wildman–Crippen LogP) is 1.62. The number of nitrogens with zero attached hydrogens (tertiary/aromatic N) is 4. The molecule has 2 heterocycles. The van der Waals surface area contributed by atoms with Gasteiger partial charge >= 0.3 is 0 Å². The summed E-state index contributed by atoms with van der Waals surface area (Å²) < 4.78 is 5.10. The zero-order valence-electron chi connectivity index (χ0n) is 13.3. The summed E-state index contributed by atoms with van der Waals surface area (Å²) in [5, 5.41) is 7.16. The van der Waals surface area contributed by atoms with Crippen molar-refractivity contribution in [2.24, 2.45) is 10.4 Å². The van der Waals surface area contributed by atoms with Gasteiger partial charge in [-0.1, -0.05) is 19.0 Å². The summed E-state index contributed by atoms with van der Waals surface area (Å²) in [5.41, 5.74) is 0.407. The first-order valence-corrected chi connectivity index (χ1v) is 7.05. The first-order chi connectivity index (χ1) is 9.28. The maximum atomic E-state index is 5.10. The molecule has 6 nitrogen and oxygen atoms in total. The van der Waals surface area contributed by atoms with Crippen molar-refractivity contribution < 1.29 is 4.52 Å². The van der Waals surface area contributed by atoms with Crippen molar-refractivity contribution in [3.8, 4) is 0 Å². The van der Waals surface area contributed by atoms with Crippen LogP contribution >= 0.6 is 0 Å². The number of nitrogens with one attached hydrogen (secondary N) is 1. The smallest absolute Gasteiger partial charge is 0.228 e. The number of aromatic nitrogens is 2. The molecule has 0 unspecified atom stereocenters. The molecule has 112 valence electrons. The minimum absolute atomic E-state index is 0.107. The molecule has 0 amide bonds. The molecule has 1 N–H and O–H groups in total. The van der Waals surface area contributed by atoms with Crippen LogP contribution in [-0.2, 0) is 6.42 Å². The maximum Gasteiger partial charge on any atom is 0.228 e. The van der Waals surface area contributed by atoms with E-state index in [2.05, 4.69) is 53.0 Å². The van der Waals surface area contributed by atoms with Crippen molar-refractivity contribution in [1.82, 2.24) is 20.4 Å². The predicted molar refractivity (Wildman–Crippen MR) is 78.7 cm³/mol. The van der Waals surface area contributed by atoms with Crippen LogP contribution in [0.1, 0.15) is 39.4 Å². The molecule has 1 saturated heterocycles. The van der Waals surface area contributed by atoms with E-state index in [1.54, 1.807) is 0 Å². The molecule has 1 aromatic rings.